The summed E-state index contributed by atoms with van der Waals surface area (Å²) in [6.45, 7) is 3.73. The minimum Gasteiger partial charge on any atom is -0.378 e. The van der Waals surface area contributed by atoms with Crippen molar-refractivity contribution in [3.63, 3.8) is 0 Å². The summed E-state index contributed by atoms with van der Waals surface area (Å²) in [7, 11) is 0. The number of carbonyl (C=O) groups excluding carboxylic acids is 2. The summed E-state index contributed by atoms with van der Waals surface area (Å²) in [6.07, 6.45) is 1.68. The number of carbonyl (C=O) groups is 2. The lowest BCUT2D eigenvalue weighted by atomic mass is 9.94. The normalized spacial score (nSPS) is 17.5. The number of hydrogen-bond donors (Lipinski definition) is 3. The van der Waals surface area contributed by atoms with Gasteiger partial charge in [-0.25, -0.2) is 9.07 Å². The number of morpholine rings is 1. The van der Waals surface area contributed by atoms with Crippen molar-refractivity contribution in [2.75, 3.05) is 36.9 Å². The van der Waals surface area contributed by atoms with Crippen LogP contribution in [0.1, 0.15) is 29.0 Å². The van der Waals surface area contributed by atoms with Crippen LogP contribution >= 0.6 is 0 Å². The van der Waals surface area contributed by atoms with E-state index in [0.717, 1.165) is 10.9 Å². The van der Waals surface area contributed by atoms with Crippen LogP contribution in [0.5, 0.6) is 0 Å². The summed E-state index contributed by atoms with van der Waals surface area (Å²) in [5.74, 6) is -0.368. The van der Waals surface area contributed by atoms with Crippen molar-refractivity contribution in [2.24, 2.45) is 0 Å². The predicted octanol–water partition coefficient (Wildman–Crippen LogP) is 3.30. The van der Waals surface area contributed by atoms with E-state index in [-0.39, 0.29) is 23.3 Å². The molecule has 2 aliphatic rings. The molecule has 0 spiro atoms. The van der Waals surface area contributed by atoms with Crippen LogP contribution in [0.4, 0.5) is 15.9 Å². The monoisotopic (exact) mass is 501 g/mol. The number of allylic oxidation sites excluding steroid dienone is 1. The zero-order valence-corrected chi connectivity index (χ0v) is 20.0. The van der Waals surface area contributed by atoms with E-state index in [0.29, 0.717) is 54.6 Å². The molecule has 6 rings (SSSR count). The molecule has 188 valence electrons. The quantitative estimate of drug-likeness (QED) is 0.395. The molecule has 3 N–H and O–H groups in total. The van der Waals surface area contributed by atoms with Crippen molar-refractivity contribution in [1.29, 1.82) is 0 Å². The number of halogens is 1. The largest absolute Gasteiger partial charge is 0.378 e. The van der Waals surface area contributed by atoms with E-state index < -0.39 is 6.04 Å². The van der Waals surface area contributed by atoms with Gasteiger partial charge in [0, 0.05) is 35.9 Å². The van der Waals surface area contributed by atoms with Crippen LogP contribution in [0, 0.1) is 5.82 Å². The maximum atomic E-state index is 13.8. The van der Waals surface area contributed by atoms with Crippen molar-refractivity contribution in [3.8, 4) is 0 Å². The predicted molar refractivity (Wildman–Crippen MR) is 135 cm³/mol. The third-order valence-corrected chi connectivity index (χ3v) is 6.62. The molecule has 1 unspecified atom stereocenters. The smallest absolute Gasteiger partial charge is 0.274 e. The second kappa shape index (κ2) is 9.17. The second-order valence-electron chi connectivity index (χ2n) is 9.01. The number of H-pyrrole nitrogens is 1. The maximum Gasteiger partial charge on any atom is 0.274 e. The molecular weight excluding hydrogens is 477 g/mol. The van der Waals surface area contributed by atoms with Crippen molar-refractivity contribution in [1.82, 2.24) is 24.9 Å². The molecule has 10 nitrogen and oxygen atoms in total. The molecule has 0 radical (unpaired) electrons. The van der Waals surface area contributed by atoms with E-state index in [2.05, 4.69) is 25.9 Å². The lowest BCUT2D eigenvalue weighted by Crippen LogP contribution is -2.41. The van der Waals surface area contributed by atoms with E-state index in [4.69, 9.17) is 4.74 Å². The molecule has 0 bridgehead atoms. The summed E-state index contributed by atoms with van der Waals surface area (Å²) < 4.78 is 20.8. The molecular formula is C26H24FN7O3. The zero-order valence-electron chi connectivity index (χ0n) is 20.0. The Morgan fingerprint density at radius 3 is 2.68 bits per heavy atom. The number of hydrogen-bond acceptors (Lipinski definition) is 6. The molecule has 1 fully saturated rings. The minimum absolute atomic E-state index is 0.207. The first-order valence-corrected chi connectivity index (χ1v) is 11.9. The number of aromatic amines is 1. The number of amides is 2. The lowest BCUT2D eigenvalue weighted by molar-refractivity contribution is -0.113. The fraction of sp³-hybridized carbons (Fsp3) is 0.231. The molecule has 2 amide bonds. The number of benzene rings is 2. The highest BCUT2D eigenvalue weighted by Gasteiger charge is 2.35. The van der Waals surface area contributed by atoms with E-state index in [9.17, 15) is 14.0 Å². The Labute approximate surface area is 211 Å². The molecule has 0 saturated carbocycles. The van der Waals surface area contributed by atoms with Gasteiger partial charge in [0.05, 0.1) is 30.5 Å². The van der Waals surface area contributed by atoms with Gasteiger partial charge in [0.1, 0.15) is 17.7 Å². The third kappa shape index (κ3) is 4.23. The van der Waals surface area contributed by atoms with Gasteiger partial charge in [0.25, 0.3) is 11.8 Å². The van der Waals surface area contributed by atoms with E-state index in [1.165, 1.54) is 12.1 Å². The zero-order chi connectivity index (χ0) is 25.5. The van der Waals surface area contributed by atoms with Crippen molar-refractivity contribution < 1.29 is 18.7 Å². The number of nitrogens with one attached hydrogen (secondary N) is 3. The van der Waals surface area contributed by atoms with Crippen molar-refractivity contribution in [2.45, 2.75) is 13.0 Å². The average Bonchev–Trinajstić information content (AvgIpc) is 3.55. The first-order chi connectivity index (χ1) is 18.0. The molecule has 2 aromatic carbocycles. The van der Waals surface area contributed by atoms with Gasteiger partial charge >= 0.3 is 0 Å². The average molecular weight is 502 g/mol. The van der Waals surface area contributed by atoms with Crippen molar-refractivity contribution in [3.05, 3.63) is 83.1 Å². The van der Waals surface area contributed by atoms with Crippen LogP contribution in [0.15, 0.2) is 66.0 Å². The van der Waals surface area contributed by atoms with Crippen LogP contribution in [0.25, 0.3) is 10.9 Å². The van der Waals surface area contributed by atoms with Crippen LogP contribution < -0.4 is 10.6 Å². The molecule has 1 atom stereocenters. The summed E-state index contributed by atoms with van der Waals surface area (Å²) in [5, 5.41) is 18.6. The summed E-state index contributed by atoms with van der Waals surface area (Å²) in [5.41, 5.74) is 3.39. The van der Waals surface area contributed by atoms with Crippen LogP contribution in [-0.2, 0) is 9.53 Å². The number of rotatable bonds is 4. The molecule has 0 aliphatic carbocycles. The van der Waals surface area contributed by atoms with E-state index in [1.54, 1.807) is 47.0 Å². The Hall–Kier alpha value is -4.51. The Morgan fingerprint density at radius 1 is 1.11 bits per heavy atom. The Kier molecular flexibility index (Phi) is 5.68. The Balaban J connectivity index is 1.37. The van der Waals surface area contributed by atoms with Gasteiger partial charge in [-0.2, -0.15) is 10.2 Å². The molecule has 2 aromatic heterocycles. The molecule has 2 aliphatic heterocycles. The fourth-order valence-corrected chi connectivity index (χ4v) is 4.77. The summed E-state index contributed by atoms with van der Waals surface area (Å²) in [6, 6.07) is 12.4. The third-order valence-electron chi connectivity index (χ3n) is 6.62. The highest BCUT2D eigenvalue weighted by Crippen LogP contribution is 2.37. The Morgan fingerprint density at radius 2 is 1.89 bits per heavy atom. The molecule has 37 heavy (non-hydrogen) atoms. The van der Waals surface area contributed by atoms with Gasteiger partial charge in [0.15, 0.2) is 5.69 Å². The van der Waals surface area contributed by atoms with Gasteiger partial charge in [-0.3, -0.25) is 14.7 Å². The van der Waals surface area contributed by atoms with E-state index in [1.807, 2.05) is 12.1 Å². The maximum absolute atomic E-state index is 13.8. The van der Waals surface area contributed by atoms with Gasteiger partial charge < -0.3 is 20.3 Å². The first-order valence-electron chi connectivity index (χ1n) is 11.9. The second-order valence-corrected chi connectivity index (χ2v) is 9.01. The van der Waals surface area contributed by atoms with Gasteiger partial charge in [-0.05, 0) is 42.8 Å². The van der Waals surface area contributed by atoms with Gasteiger partial charge in [-0.1, -0.05) is 12.1 Å². The Bertz CT molecular complexity index is 1530. The van der Waals surface area contributed by atoms with Crippen molar-refractivity contribution >= 4 is 34.2 Å². The minimum atomic E-state index is -0.680. The summed E-state index contributed by atoms with van der Waals surface area (Å²) >= 11 is 0. The SMILES string of the molecule is CC1=C(C(=O)Nc2ccc3[nH]ncc3c2)C(c2ccc(F)cc2)n2nc(C(=O)N3CCOCC3)cc2N1. The summed E-state index contributed by atoms with van der Waals surface area (Å²) in [4.78, 5) is 28.5. The topological polar surface area (TPSA) is 117 Å². The highest BCUT2D eigenvalue weighted by molar-refractivity contribution is 6.07. The molecule has 4 heterocycles. The highest BCUT2D eigenvalue weighted by atomic mass is 19.1. The van der Waals surface area contributed by atoms with Gasteiger partial charge in [0.2, 0.25) is 0 Å². The van der Waals surface area contributed by atoms with Crippen LogP contribution in [0.3, 0.4) is 0 Å². The first kappa shape index (κ1) is 22.9. The fourth-order valence-electron chi connectivity index (χ4n) is 4.77. The number of nitrogens with zero attached hydrogens (tertiary/aromatic N) is 4. The molecule has 11 heteroatoms. The van der Waals surface area contributed by atoms with Gasteiger partial charge in [-0.15, -0.1) is 0 Å². The molecule has 4 aromatic rings. The number of anilines is 2. The van der Waals surface area contributed by atoms with Crippen LogP contribution in [-0.4, -0.2) is 63.0 Å². The van der Waals surface area contributed by atoms with E-state index >= 15 is 0 Å². The standard InChI is InChI=1S/C26H24FN7O3/c1-15-23(25(35)30-19-6-7-20-17(12-19)14-28-31-20)24(16-2-4-18(27)5-3-16)34-22(29-15)13-21(32-34)26(36)33-8-10-37-11-9-33/h2-7,12-14,24,29H,8-11H2,1H3,(H,28,31)(H,30,35). The number of aromatic nitrogens is 4. The lowest BCUT2D eigenvalue weighted by Gasteiger charge is -2.29. The number of ether oxygens (including phenoxy) is 1. The molecule has 1 saturated heterocycles. The number of fused-ring (bicyclic) bond motifs is 2. The van der Waals surface area contributed by atoms with Crippen LogP contribution in [0.2, 0.25) is 0 Å².